The Morgan fingerprint density at radius 2 is 1.00 bits per heavy atom. The minimum atomic E-state index is -0.653. The topological polar surface area (TPSA) is 38.7 Å². The molecule has 0 fully saturated rings. The molecule has 0 saturated carbocycles. The molecular formula is C49H31N3S. The highest BCUT2D eigenvalue weighted by Gasteiger charge is 2.16. The normalized spacial score (nSPS) is 14.3. The summed E-state index contributed by atoms with van der Waals surface area (Å²) in [5.41, 5.74) is 4.60. The molecule has 0 saturated heterocycles. The number of thiophene rings is 1. The van der Waals surface area contributed by atoms with E-state index in [0.29, 0.717) is 11.1 Å². The third kappa shape index (κ3) is 5.76. The third-order valence-corrected chi connectivity index (χ3v) is 10.2. The van der Waals surface area contributed by atoms with Crippen LogP contribution < -0.4 is 0 Å². The number of benzene rings is 8. The molecule has 0 N–H and O–H groups in total. The van der Waals surface area contributed by atoms with Gasteiger partial charge in [0.15, 0.2) is 17.5 Å². The zero-order valence-corrected chi connectivity index (χ0v) is 28.6. The summed E-state index contributed by atoms with van der Waals surface area (Å²) in [5.74, 6) is 0.467. The van der Waals surface area contributed by atoms with E-state index in [-0.39, 0.29) is 66.4 Å². The first-order valence-electron chi connectivity index (χ1n) is 22.4. The second kappa shape index (κ2) is 13.1. The summed E-state index contributed by atoms with van der Waals surface area (Å²) in [5, 5.41) is 2.19. The van der Waals surface area contributed by atoms with Crippen LogP contribution in [0.3, 0.4) is 0 Å². The molecule has 4 heteroatoms. The lowest BCUT2D eigenvalue weighted by molar-refractivity contribution is 1.07. The van der Waals surface area contributed by atoms with Crippen LogP contribution in [0.25, 0.3) is 98.5 Å². The van der Waals surface area contributed by atoms with E-state index in [1.54, 1.807) is 0 Å². The van der Waals surface area contributed by atoms with Gasteiger partial charge in [0.2, 0.25) is 0 Å². The Hall–Kier alpha value is -6.75. The number of nitrogens with zero attached hydrogens (tertiary/aromatic N) is 3. The Bertz CT molecular complexity index is 3530. The van der Waals surface area contributed by atoms with Crippen molar-refractivity contribution < 1.29 is 15.1 Å². The van der Waals surface area contributed by atoms with E-state index < -0.39 is 54.4 Å². The lowest BCUT2D eigenvalue weighted by Crippen LogP contribution is -2.00. The average Bonchev–Trinajstić information content (AvgIpc) is 3.73. The van der Waals surface area contributed by atoms with Gasteiger partial charge < -0.3 is 0 Å². The van der Waals surface area contributed by atoms with E-state index in [2.05, 4.69) is 24.3 Å². The fraction of sp³-hybridized carbons (Fsp3) is 0. The highest BCUT2D eigenvalue weighted by molar-refractivity contribution is 7.26. The van der Waals surface area contributed by atoms with Crippen LogP contribution in [0, 0.1) is 0 Å². The molecule has 0 unspecified atom stereocenters. The van der Waals surface area contributed by atoms with E-state index in [1.807, 2.05) is 97.1 Å². The van der Waals surface area contributed by atoms with Gasteiger partial charge >= 0.3 is 0 Å². The van der Waals surface area contributed by atoms with Crippen LogP contribution >= 0.6 is 11.3 Å². The zero-order valence-electron chi connectivity index (χ0n) is 38.8. The first-order chi connectivity index (χ1) is 30.8. The van der Waals surface area contributed by atoms with Crippen LogP contribution in [0.1, 0.15) is 15.1 Å². The van der Waals surface area contributed by atoms with Crippen LogP contribution in [0.4, 0.5) is 0 Å². The molecule has 0 amide bonds. The van der Waals surface area contributed by atoms with Gasteiger partial charge in [0.25, 0.3) is 0 Å². The Morgan fingerprint density at radius 1 is 0.377 bits per heavy atom. The van der Waals surface area contributed by atoms with Gasteiger partial charge in [-0.25, -0.2) is 15.0 Å². The standard InChI is InChI=1S/C49H31N3S/c1-3-11-32(12-4-1)33-21-25-37(26-22-33)47-50-48(38-27-23-36(24-28-38)41-18-9-16-34-15-7-8-17-40(34)41)52-49(51-47)39-29-30-43-45(31-39)53-44-20-10-19-42(46(43)44)35-13-5-2-6-14-35/h1-31H/i2D,5D,6D,10D,13D,14D,19D,20D,29D,30D,31D. The summed E-state index contributed by atoms with van der Waals surface area (Å²) >= 11 is 0.896. The molecule has 0 atom stereocenters. The monoisotopic (exact) mass is 704 g/mol. The van der Waals surface area contributed by atoms with Gasteiger partial charge in [-0.2, -0.15) is 0 Å². The molecule has 8 aromatic carbocycles. The van der Waals surface area contributed by atoms with Gasteiger partial charge in [-0.15, -0.1) is 11.3 Å². The van der Waals surface area contributed by atoms with Crippen molar-refractivity contribution in [2.45, 2.75) is 0 Å². The molecule has 2 heterocycles. The lowest BCUT2D eigenvalue weighted by Gasteiger charge is -2.11. The summed E-state index contributed by atoms with van der Waals surface area (Å²) in [6, 6.07) is 33.8. The highest BCUT2D eigenvalue weighted by Crippen LogP contribution is 2.41. The van der Waals surface area contributed by atoms with Crippen molar-refractivity contribution >= 4 is 42.3 Å². The Kier molecular flexibility index (Phi) is 5.33. The Morgan fingerprint density at radius 3 is 1.75 bits per heavy atom. The van der Waals surface area contributed by atoms with Crippen molar-refractivity contribution in [1.29, 1.82) is 0 Å². The lowest BCUT2D eigenvalue weighted by atomic mass is 9.97. The quantitative estimate of drug-likeness (QED) is 0.173. The van der Waals surface area contributed by atoms with E-state index in [0.717, 1.165) is 44.4 Å². The van der Waals surface area contributed by atoms with Crippen LogP contribution in [0.15, 0.2) is 188 Å². The number of aromatic nitrogens is 3. The smallest absolute Gasteiger partial charge is 0.164 e. The van der Waals surface area contributed by atoms with Crippen LogP contribution in [0.5, 0.6) is 0 Å². The second-order valence-corrected chi connectivity index (χ2v) is 13.4. The van der Waals surface area contributed by atoms with Crippen molar-refractivity contribution in [3.63, 3.8) is 0 Å². The van der Waals surface area contributed by atoms with Crippen molar-refractivity contribution in [3.05, 3.63) is 188 Å². The largest absolute Gasteiger partial charge is 0.208 e. The van der Waals surface area contributed by atoms with Crippen LogP contribution in [-0.4, -0.2) is 15.0 Å². The summed E-state index contributed by atoms with van der Waals surface area (Å²) in [4.78, 5) is 14.6. The number of fused-ring (bicyclic) bond motifs is 4. The predicted octanol–water partition coefficient (Wildman–Crippen LogP) is 13.4. The maximum absolute atomic E-state index is 9.64. The Labute approximate surface area is 327 Å². The molecule has 0 bridgehead atoms. The minimum absolute atomic E-state index is 0.00936. The van der Waals surface area contributed by atoms with Crippen molar-refractivity contribution in [3.8, 4) is 67.5 Å². The molecule has 0 spiro atoms. The first-order valence-corrected chi connectivity index (χ1v) is 17.7. The van der Waals surface area contributed by atoms with Gasteiger partial charge in [-0.1, -0.05) is 176 Å². The van der Waals surface area contributed by atoms with Crippen molar-refractivity contribution in [2.75, 3.05) is 0 Å². The van der Waals surface area contributed by atoms with Crippen LogP contribution in [-0.2, 0) is 0 Å². The fourth-order valence-electron chi connectivity index (χ4n) is 6.59. The van der Waals surface area contributed by atoms with E-state index in [1.165, 1.54) is 0 Å². The van der Waals surface area contributed by atoms with E-state index >= 15 is 0 Å². The van der Waals surface area contributed by atoms with Crippen molar-refractivity contribution in [2.24, 2.45) is 0 Å². The van der Waals surface area contributed by atoms with Crippen LogP contribution in [0.2, 0.25) is 0 Å². The maximum Gasteiger partial charge on any atom is 0.164 e. The molecule has 0 aliphatic rings. The van der Waals surface area contributed by atoms with E-state index in [4.69, 9.17) is 25.9 Å². The molecule has 10 rings (SSSR count). The van der Waals surface area contributed by atoms with Gasteiger partial charge in [-0.05, 0) is 56.2 Å². The number of hydrogen-bond donors (Lipinski definition) is 0. The molecule has 3 nitrogen and oxygen atoms in total. The molecule has 0 radical (unpaired) electrons. The van der Waals surface area contributed by atoms with Gasteiger partial charge in [0.05, 0.1) is 15.1 Å². The highest BCUT2D eigenvalue weighted by atomic mass is 32.1. The Balaban J connectivity index is 1.20. The maximum atomic E-state index is 9.64. The molecule has 2 aromatic heterocycles. The molecule has 0 aliphatic heterocycles. The van der Waals surface area contributed by atoms with Gasteiger partial charge in [0.1, 0.15) is 0 Å². The summed E-state index contributed by atoms with van der Waals surface area (Å²) in [6.45, 7) is 0. The predicted molar refractivity (Wildman–Crippen MR) is 223 cm³/mol. The van der Waals surface area contributed by atoms with Gasteiger partial charge in [0, 0.05) is 36.9 Å². The average molecular weight is 705 g/mol. The molecule has 10 aromatic rings. The summed E-state index contributed by atoms with van der Waals surface area (Å²) < 4.78 is 97.6. The molecule has 0 aliphatic carbocycles. The fourth-order valence-corrected chi connectivity index (χ4v) is 7.61. The minimum Gasteiger partial charge on any atom is -0.208 e. The number of rotatable bonds is 6. The first kappa shape index (κ1) is 21.6. The summed E-state index contributed by atoms with van der Waals surface area (Å²) in [6.07, 6.45) is 0. The molecular weight excluding hydrogens is 663 g/mol. The molecule has 248 valence electrons. The van der Waals surface area contributed by atoms with E-state index in [9.17, 15) is 4.11 Å². The van der Waals surface area contributed by atoms with Gasteiger partial charge in [-0.3, -0.25) is 0 Å². The SMILES string of the molecule is [2H]c1c([2H])c([2H])c(-c2c([2H])c([2H])c([2H])c3sc4c([2H])c(-c5nc(-c6ccc(-c7ccccc7)cc6)nc(-c6ccc(-c7cccc8ccccc78)cc6)n5)c([2H])c([2H])c4c23)c([2H])c1[2H]. The summed E-state index contributed by atoms with van der Waals surface area (Å²) in [7, 11) is 0. The number of hydrogen-bond acceptors (Lipinski definition) is 4. The second-order valence-electron chi connectivity index (χ2n) is 12.4. The zero-order chi connectivity index (χ0) is 44.7. The van der Waals surface area contributed by atoms with Crippen molar-refractivity contribution in [1.82, 2.24) is 15.0 Å². The molecule has 53 heavy (non-hydrogen) atoms. The third-order valence-electron chi connectivity index (χ3n) is 9.18.